The summed E-state index contributed by atoms with van der Waals surface area (Å²) in [6.07, 6.45) is 0. The Morgan fingerprint density at radius 2 is 0.526 bits per heavy atom. The lowest BCUT2D eigenvalue weighted by Crippen LogP contribution is -2.00. The van der Waals surface area contributed by atoms with Crippen LogP contribution in [0.1, 0.15) is 22.3 Å². The number of hydrogen-bond donors (Lipinski definition) is 0. The summed E-state index contributed by atoms with van der Waals surface area (Å²) >= 11 is 0. The molecule has 0 aliphatic heterocycles. The largest absolute Gasteiger partial charge is 0.416 e. The fraction of sp³-hybridized carbons (Fsp3) is 0.0833. The van der Waals surface area contributed by atoms with Gasteiger partial charge in [0.1, 0.15) is 0 Å². The van der Waals surface area contributed by atoms with Gasteiger partial charge in [0, 0.05) is 44.5 Å². The number of aromatic nitrogens is 8. The van der Waals surface area contributed by atoms with Gasteiger partial charge in [-0.15, -0.1) is 10.2 Å². The Balaban J connectivity index is 1.06. The summed E-state index contributed by atoms with van der Waals surface area (Å²) in [5, 5.41) is 8.91. The normalized spacial score (nSPS) is 11.2. The van der Waals surface area contributed by atoms with Gasteiger partial charge < -0.3 is 4.42 Å². The summed E-state index contributed by atoms with van der Waals surface area (Å²) in [7, 11) is 0. The highest BCUT2D eigenvalue weighted by atomic mass is 16.4. The van der Waals surface area contributed by atoms with E-state index in [2.05, 4.69) is 86.4 Å². The Morgan fingerprint density at radius 3 is 0.807 bits per heavy atom. The first-order valence-electron chi connectivity index (χ1n) is 18.7. The molecule has 0 aliphatic carbocycles. The van der Waals surface area contributed by atoms with Gasteiger partial charge in [0.2, 0.25) is 11.8 Å². The van der Waals surface area contributed by atoms with E-state index in [9.17, 15) is 0 Å². The number of nitrogens with zero attached hydrogens (tertiary/aromatic N) is 8. The number of aryl methyl sites for hydroxylation is 4. The van der Waals surface area contributed by atoms with Crippen LogP contribution in [-0.4, -0.2) is 40.1 Å². The van der Waals surface area contributed by atoms with Crippen LogP contribution < -0.4 is 0 Å². The molecule has 9 rings (SSSR count). The van der Waals surface area contributed by atoms with Gasteiger partial charge in [0.05, 0.1) is 0 Å². The summed E-state index contributed by atoms with van der Waals surface area (Å²) < 4.78 is 6.33. The van der Waals surface area contributed by atoms with Crippen LogP contribution in [0.5, 0.6) is 0 Å². The average Bonchev–Trinajstić information content (AvgIpc) is 3.75. The molecule has 0 radical (unpaired) electrons. The minimum Gasteiger partial charge on any atom is -0.416 e. The maximum Gasteiger partial charge on any atom is 0.248 e. The molecule has 57 heavy (non-hydrogen) atoms. The highest BCUT2D eigenvalue weighted by Gasteiger charge is 2.18. The second kappa shape index (κ2) is 15.0. The first kappa shape index (κ1) is 35.2. The highest BCUT2D eigenvalue weighted by Crippen LogP contribution is 2.32. The molecule has 0 bridgehead atoms. The van der Waals surface area contributed by atoms with Gasteiger partial charge in [0.25, 0.3) is 0 Å². The van der Waals surface area contributed by atoms with E-state index in [4.69, 9.17) is 34.3 Å². The quantitative estimate of drug-likeness (QED) is 0.150. The van der Waals surface area contributed by atoms with Crippen LogP contribution in [-0.2, 0) is 0 Å². The minimum absolute atomic E-state index is 0.368. The predicted molar refractivity (Wildman–Crippen MR) is 224 cm³/mol. The SMILES string of the molecule is Cc1ccc(-c2nc(-c3ccc(C)cc3)nc(-c3cccc(-c4nnc(-c5cccc(-c6nc(-c7ccc(C)cc7)nc(-c7ccc(C)cc7)n6)c5)o4)c3)n2)cc1. The van der Waals surface area contributed by atoms with Crippen molar-refractivity contribution in [1.82, 2.24) is 40.1 Å². The van der Waals surface area contributed by atoms with Gasteiger partial charge in [-0.3, -0.25) is 0 Å². The first-order valence-corrected chi connectivity index (χ1v) is 18.7. The maximum absolute atomic E-state index is 6.33. The zero-order valence-electron chi connectivity index (χ0n) is 31.8. The van der Waals surface area contributed by atoms with Crippen LogP contribution in [0.3, 0.4) is 0 Å². The zero-order chi connectivity index (χ0) is 38.9. The lowest BCUT2D eigenvalue weighted by atomic mass is 10.1. The van der Waals surface area contributed by atoms with Crippen LogP contribution in [0.25, 0.3) is 91.2 Å². The van der Waals surface area contributed by atoms with E-state index >= 15 is 0 Å². The van der Waals surface area contributed by atoms with Crippen molar-refractivity contribution >= 4 is 0 Å². The molecule has 0 unspecified atom stereocenters. The van der Waals surface area contributed by atoms with E-state index in [0.717, 1.165) is 66.8 Å². The van der Waals surface area contributed by atoms with E-state index in [1.54, 1.807) is 0 Å². The average molecular weight is 741 g/mol. The van der Waals surface area contributed by atoms with Crippen LogP contribution >= 0.6 is 0 Å². The smallest absolute Gasteiger partial charge is 0.248 e. The first-order chi connectivity index (χ1) is 27.8. The lowest BCUT2D eigenvalue weighted by Gasteiger charge is -2.09. The van der Waals surface area contributed by atoms with E-state index < -0.39 is 0 Å². The van der Waals surface area contributed by atoms with Crippen molar-refractivity contribution in [3.8, 4) is 91.2 Å². The Hall–Kier alpha value is -7.52. The van der Waals surface area contributed by atoms with Crippen LogP contribution in [0, 0.1) is 27.7 Å². The number of rotatable bonds is 8. The third kappa shape index (κ3) is 7.59. The lowest BCUT2D eigenvalue weighted by molar-refractivity contribution is 0.584. The zero-order valence-corrected chi connectivity index (χ0v) is 31.8. The summed E-state index contributed by atoms with van der Waals surface area (Å²) in [6.45, 7) is 8.24. The van der Waals surface area contributed by atoms with Crippen molar-refractivity contribution in [2.75, 3.05) is 0 Å². The predicted octanol–water partition coefficient (Wildman–Crippen LogP) is 11.0. The molecule has 3 heterocycles. The van der Waals surface area contributed by atoms with Crippen LogP contribution in [0.4, 0.5) is 0 Å². The van der Waals surface area contributed by atoms with Crippen LogP contribution in [0.15, 0.2) is 150 Å². The molecule has 0 saturated carbocycles. The molecule has 0 saturated heterocycles. The molecular weight excluding hydrogens is 705 g/mol. The third-order valence-corrected chi connectivity index (χ3v) is 9.67. The fourth-order valence-corrected chi connectivity index (χ4v) is 6.38. The molecule has 0 atom stereocenters. The summed E-state index contributed by atoms with van der Waals surface area (Å²) in [5.74, 6) is 4.19. The molecule has 0 spiro atoms. The molecule has 9 aromatic rings. The fourth-order valence-electron chi connectivity index (χ4n) is 6.38. The minimum atomic E-state index is 0.368. The Kier molecular flexibility index (Phi) is 9.24. The van der Waals surface area contributed by atoms with Crippen molar-refractivity contribution < 1.29 is 4.42 Å². The van der Waals surface area contributed by atoms with E-state index in [1.807, 2.05) is 97.1 Å². The Labute approximate surface area is 330 Å². The Morgan fingerprint density at radius 1 is 0.281 bits per heavy atom. The van der Waals surface area contributed by atoms with Gasteiger partial charge in [-0.2, -0.15) is 0 Å². The molecule has 0 amide bonds. The second-order valence-corrected chi connectivity index (χ2v) is 14.2. The Bertz CT molecular complexity index is 2540. The topological polar surface area (TPSA) is 116 Å². The van der Waals surface area contributed by atoms with E-state index in [0.29, 0.717) is 46.7 Å². The van der Waals surface area contributed by atoms with Crippen molar-refractivity contribution in [3.63, 3.8) is 0 Å². The molecule has 274 valence electrons. The van der Waals surface area contributed by atoms with Crippen molar-refractivity contribution in [1.29, 1.82) is 0 Å². The van der Waals surface area contributed by atoms with Crippen molar-refractivity contribution in [3.05, 3.63) is 168 Å². The maximum atomic E-state index is 6.33. The van der Waals surface area contributed by atoms with Crippen LogP contribution in [0.2, 0.25) is 0 Å². The molecule has 0 fully saturated rings. The summed E-state index contributed by atoms with van der Waals surface area (Å²) in [6, 6.07) is 48.4. The molecule has 6 aromatic carbocycles. The van der Waals surface area contributed by atoms with Crippen molar-refractivity contribution in [2.24, 2.45) is 0 Å². The van der Waals surface area contributed by atoms with Gasteiger partial charge in [0.15, 0.2) is 34.9 Å². The number of benzene rings is 6. The highest BCUT2D eigenvalue weighted by molar-refractivity contribution is 5.72. The molecule has 3 aromatic heterocycles. The molecule has 0 aliphatic rings. The number of hydrogen-bond acceptors (Lipinski definition) is 9. The van der Waals surface area contributed by atoms with Gasteiger partial charge in [-0.25, -0.2) is 29.9 Å². The summed E-state index contributed by atoms with van der Waals surface area (Å²) in [4.78, 5) is 29.5. The molecule has 9 heteroatoms. The molecule has 9 nitrogen and oxygen atoms in total. The van der Waals surface area contributed by atoms with Gasteiger partial charge >= 0.3 is 0 Å². The van der Waals surface area contributed by atoms with E-state index in [-0.39, 0.29) is 0 Å². The molecule has 0 N–H and O–H groups in total. The second-order valence-electron chi connectivity index (χ2n) is 14.2. The van der Waals surface area contributed by atoms with E-state index in [1.165, 1.54) is 0 Å². The van der Waals surface area contributed by atoms with Crippen molar-refractivity contribution in [2.45, 2.75) is 27.7 Å². The summed E-state index contributed by atoms with van der Waals surface area (Å²) in [5.41, 5.74) is 11.3. The standard InChI is InChI=1S/C48H36N8O/c1-29-11-19-33(20-12-29)41-49-42(34-21-13-30(2)14-22-34)52-45(51-41)37-7-5-9-39(27-37)47-55-56-48(57-47)40-10-6-8-38(28-40)46-53-43(35-23-15-31(3)16-24-35)50-44(54-46)36-25-17-32(4)18-26-36/h5-28H,1-4H3. The van der Waals surface area contributed by atoms with Gasteiger partial charge in [-0.05, 0) is 52.0 Å². The monoisotopic (exact) mass is 740 g/mol. The van der Waals surface area contributed by atoms with Gasteiger partial charge in [-0.1, -0.05) is 144 Å². The third-order valence-electron chi connectivity index (χ3n) is 9.67. The molecular formula is C48H36N8O.